The van der Waals surface area contributed by atoms with Gasteiger partial charge in [0, 0.05) is 11.9 Å². The van der Waals surface area contributed by atoms with Crippen LogP contribution in [0.2, 0.25) is 5.02 Å². The summed E-state index contributed by atoms with van der Waals surface area (Å²) in [6.07, 6.45) is 1.69. The van der Waals surface area contributed by atoms with Crippen LogP contribution in [-0.4, -0.2) is 15.9 Å². The van der Waals surface area contributed by atoms with Crippen molar-refractivity contribution in [2.24, 2.45) is 0 Å². The smallest absolute Gasteiger partial charge is 0.267 e. The zero-order valence-electron chi connectivity index (χ0n) is 12.6. The van der Waals surface area contributed by atoms with Crippen LogP contribution >= 0.6 is 22.9 Å². The van der Waals surface area contributed by atoms with E-state index < -0.39 is 0 Å². The second-order valence-corrected chi connectivity index (χ2v) is 6.32. The summed E-state index contributed by atoms with van der Waals surface area (Å²) in [7, 11) is 0. The summed E-state index contributed by atoms with van der Waals surface area (Å²) in [6.45, 7) is 1.78. The van der Waals surface area contributed by atoms with Gasteiger partial charge in [-0.25, -0.2) is 4.98 Å². The van der Waals surface area contributed by atoms with Gasteiger partial charge in [0.25, 0.3) is 5.91 Å². The van der Waals surface area contributed by atoms with Crippen molar-refractivity contribution in [2.75, 3.05) is 5.32 Å². The number of nitriles is 1. The molecule has 0 bridgehead atoms. The van der Waals surface area contributed by atoms with Crippen molar-refractivity contribution in [1.29, 1.82) is 5.26 Å². The van der Waals surface area contributed by atoms with E-state index in [9.17, 15) is 4.79 Å². The highest BCUT2D eigenvalue weighted by molar-refractivity contribution is 7.17. The van der Waals surface area contributed by atoms with Crippen LogP contribution in [0.25, 0.3) is 10.7 Å². The van der Waals surface area contributed by atoms with Crippen LogP contribution in [0.3, 0.4) is 0 Å². The van der Waals surface area contributed by atoms with Crippen LogP contribution in [0.15, 0.2) is 42.6 Å². The van der Waals surface area contributed by atoms with Crippen molar-refractivity contribution in [3.8, 4) is 16.8 Å². The first kappa shape index (κ1) is 16.1. The highest BCUT2D eigenvalue weighted by atomic mass is 35.5. The summed E-state index contributed by atoms with van der Waals surface area (Å²) in [6, 6.07) is 12.3. The quantitative estimate of drug-likeness (QED) is 0.760. The summed E-state index contributed by atoms with van der Waals surface area (Å²) in [5.41, 5.74) is 2.25. The average molecular weight is 355 g/mol. The first-order valence-electron chi connectivity index (χ1n) is 6.98. The third-order valence-corrected chi connectivity index (χ3v) is 4.73. The maximum atomic E-state index is 12.5. The number of nitrogens with one attached hydrogen (secondary N) is 1. The number of amides is 1. The predicted molar refractivity (Wildman–Crippen MR) is 94.2 cm³/mol. The molecule has 0 aliphatic carbocycles. The number of benzene rings is 1. The van der Waals surface area contributed by atoms with Gasteiger partial charge in [-0.15, -0.1) is 11.3 Å². The fourth-order valence-corrected chi connectivity index (χ4v) is 3.24. The topological polar surface area (TPSA) is 78.7 Å². The number of carbonyl (C=O) groups is 1. The standard InChI is InChI=1S/C17H11ClN4OS/c1-10-15(24-17(21-10)14-4-2-3-7-20-14)16(23)22-12-6-5-11(9-19)13(18)8-12/h2-8H,1H3,(H,22,23). The van der Waals surface area contributed by atoms with Gasteiger partial charge in [0.05, 0.1) is 22.0 Å². The number of pyridine rings is 1. The van der Waals surface area contributed by atoms with Gasteiger partial charge in [0.1, 0.15) is 16.0 Å². The molecular formula is C17H11ClN4OS. The van der Waals surface area contributed by atoms with E-state index in [1.54, 1.807) is 31.3 Å². The lowest BCUT2D eigenvalue weighted by Gasteiger charge is -2.05. The summed E-state index contributed by atoms with van der Waals surface area (Å²) in [5, 5.41) is 12.6. The largest absolute Gasteiger partial charge is 0.321 e. The third-order valence-electron chi connectivity index (χ3n) is 3.23. The Balaban J connectivity index is 1.85. The molecule has 2 aromatic heterocycles. The van der Waals surface area contributed by atoms with E-state index in [0.29, 0.717) is 31.9 Å². The fraction of sp³-hybridized carbons (Fsp3) is 0.0588. The molecule has 0 fully saturated rings. The zero-order chi connectivity index (χ0) is 17.1. The number of aryl methyl sites for hydroxylation is 1. The third kappa shape index (κ3) is 3.27. The van der Waals surface area contributed by atoms with Crippen molar-refractivity contribution < 1.29 is 4.79 Å². The Hall–Kier alpha value is -2.75. The van der Waals surface area contributed by atoms with Crippen molar-refractivity contribution in [2.45, 2.75) is 6.92 Å². The lowest BCUT2D eigenvalue weighted by Crippen LogP contribution is -2.11. The van der Waals surface area contributed by atoms with Crippen LogP contribution in [0, 0.1) is 18.3 Å². The minimum Gasteiger partial charge on any atom is -0.321 e. The molecule has 1 N–H and O–H groups in total. The first-order valence-corrected chi connectivity index (χ1v) is 8.18. The highest BCUT2D eigenvalue weighted by Gasteiger charge is 2.17. The van der Waals surface area contributed by atoms with Crippen molar-refractivity contribution in [3.63, 3.8) is 0 Å². The number of hydrogen-bond acceptors (Lipinski definition) is 5. The van der Waals surface area contributed by atoms with Gasteiger partial charge in [-0.2, -0.15) is 5.26 Å². The summed E-state index contributed by atoms with van der Waals surface area (Å²) < 4.78 is 0. The van der Waals surface area contributed by atoms with Gasteiger partial charge >= 0.3 is 0 Å². The molecule has 0 saturated heterocycles. The Morgan fingerprint density at radius 3 is 2.83 bits per heavy atom. The number of hydrogen-bond donors (Lipinski definition) is 1. The number of halogens is 1. The van der Waals surface area contributed by atoms with Gasteiger partial charge in [-0.3, -0.25) is 9.78 Å². The highest BCUT2D eigenvalue weighted by Crippen LogP contribution is 2.27. The van der Waals surface area contributed by atoms with E-state index in [2.05, 4.69) is 15.3 Å². The maximum Gasteiger partial charge on any atom is 0.267 e. The number of nitrogens with zero attached hydrogens (tertiary/aromatic N) is 3. The Morgan fingerprint density at radius 1 is 1.33 bits per heavy atom. The molecule has 1 aromatic carbocycles. The molecule has 0 aliphatic heterocycles. The van der Waals surface area contributed by atoms with Crippen LogP contribution in [0.5, 0.6) is 0 Å². The molecule has 0 atom stereocenters. The average Bonchev–Trinajstić information content (AvgIpc) is 2.98. The summed E-state index contributed by atoms with van der Waals surface area (Å²) in [5.74, 6) is -0.270. The van der Waals surface area contributed by atoms with Gasteiger partial charge in [0.2, 0.25) is 0 Å². The molecule has 118 valence electrons. The zero-order valence-corrected chi connectivity index (χ0v) is 14.1. The molecular weight excluding hydrogens is 344 g/mol. The van der Waals surface area contributed by atoms with Crippen LogP contribution < -0.4 is 5.32 Å². The van der Waals surface area contributed by atoms with Gasteiger partial charge in [-0.05, 0) is 37.3 Å². The summed E-state index contributed by atoms with van der Waals surface area (Å²) in [4.78, 5) is 21.6. The van der Waals surface area contributed by atoms with E-state index >= 15 is 0 Å². The molecule has 3 rings (SSSR count). The van der Waals surface area contributed by atoms with Crippen LogP contribution in [0.1, 0.15) is 20.9 Å². The number of thiazole rings is 1. The lowest BCUT2D eigenvalue weighted by molar-refractivity contribution is 0.103. The normalized spacial score (nSPS) is 10.2. The second kappa shape index (κ2) is 6.79. The van der Waals surface area contributed by atoms with Crippen molar-refractivity contribution in [3.05, 3.63) is 63.8 Å². The number of anilines is 1. The molecule has 24 heavy (non-hydrogen) atoms. The Kier molecular flexibility index (Phi) is 4.56. The van der Waals surface area contributed by atoms with Crippen molar-refractivity contribution >= 4 is 34.5 Å². The Labute approximate surface area is 147 Å². The minimum absolute atomic E-state index is 0.270. The molecule has 7 heteroatoms. The van der Waals surface area contributed by atoms with Crippen LogP contribution in [0.4, 0.5) is 5.69 Å². The lowest BCUT2D eigenvalue weighted by atomic mass is 10.2. The minimum atomic E-state index is -0.270. The molecule has 2 heterocycles. The predicted octanol–water partition coefficient (Wildman–Crippen LogP) is 4.29. The van der Waals surface area contributed by atoms with Crippen molar-refractivity contribution in [1.82, 2.24) is 9.97 Å². The number of aromatic nitrogens is 2. The SMILES string of the molecule is Cc1nc(-c2ccccn2)sc1C(=O)Nc1ccc(C#N)c(Cl)c1. The van der Waals surface area contributed by atoms with E-state index in [4.69, 9.17) is 16.9 Å². The fourth-order valence-electron chi connectivity index (χ4n) is 2.08. The Morgan fingerprint density at radius 2 is 2.17 bits per heavy atom. The van der Waals surface area contributed by atoms with Gasteiger partial charge in [0.15, 0.2) is 0 Å². The molecule has 0 spiro atoms. The van der Waals surface area contributed by atoms with E-state index in [-0.39, 0.29) is 5.91 Å². The van der Waals surface area contributed by atoms with E-state index in [1.807, 2.05) is 24.3 Å². The van der Waals surface area contributed by atoms with E-state index in [1.165, 1.54) is 11.3 Å². The molecule has 1 amide bonds. The summed E-state index contributed by atoms with van der Waals surface area (Å²) >= 11 is 7.26. The second-order valence-electron chi connectivity index (χ2n) is 4.91. The molecule has 0 unspecified atom stereocenters. The molecule has 0 saturated carbocycles. The monoisotopic (exact) mass is 354 g/mol. The molecule has 0 radical (unpaired) electrons. The molecule has 5 nitrogen and oxygen atoms in total. The maximum absolute atomic E-state index is 12.5. The first-order chi connectivity index (χ1) is 11.6. The number of rotatable bonds is 3. The molecule has 0 aliphatic rings. The van der Waals surface area contributed by atoms with Crippen LogP contribution in [-0.2, 0) is 0 Å². The Bertz CT molecular complexity index is 947. The van der Waals surface area contributed by atoms with Gasteiger partial charge < -0.3 is 5.32 Å². The van der Waals surface area contributed by atoms with E-state index in [0.717, 1.165) is 5.69 Å². The van der Waals surface area contributed by atoms with Gasteiger partial charge in [-0.1, -0.05) is 17.7 Å². The molecule has 3 aromatic rings. The number of carbonyl (C=O) groups excluding carboxylic acids is 1.